The zero-order valence-corrected chi connectivity index (χ0v) is 8.04. The van der Waals surface area contributed by atoms with E-state index in [1.165, 1.54) is 10.7 Å². The van der Waals surface area contributed by atoms with Crippen molar-refractivity contribution in [2.45, 2.75) is 12.2 Å². The summed E-state index contributed by atoms with van der Waals surface area (Å²) in [7, 11) is 0. The Hall–Kier alpha value is -2.04. The van der Waals surface area contributed by atoms with Gasteiger partial charge in [0.15, 0.2) is 0 Å². The third-order valence-corrected chi connectivity index (χ3v) is 1.35. The average Bonchev–Trinajstić information content (AvgIpc) is 2.20. The summed E-state index contributed by atoms with van der Waals surface area (Å²) in [5.41, 5.74) is 2.30. The van der Waals surface area contributed by atoms with Gasteiger partial charge in [-0.2, -0.15) is 13.2 Å². The van der Waals surface area contributed by atoms with E-state index in [9.17, 15) is 27.6 Å². The van der Waals surface area contributed by atoms with Gasteiger partial charge in [-0.05, 0) is 0 Å². The number of rotatable bonds is 3. The third-order valence-electron chi connectivity index (χ3n) is 1.35. The molecule has 5 N–H and O–H groups in total. The second kappa shape index (κ2) is 5.89. The minimum atomic E-state index is -5.19. The highest BCUT2D eigenvalue weighted by molar-refractivity contribution is 5.89. The summed E-state index contributed by atoms with van der Waals surface area (Å²) in [6.07, 6.45) is -6.86. The molecule has 0 bridgehead atoms. The molecule has 1 unspecified atom stereocenters. The number of aliphatic hydroxyl groups is 1. The minimum Gasteiger partial charge on any atom is -0.465 e. The lowest BCUT2D eigenvalue weighted by Gasteiger charge is -2.15. The van der Waals surface area contributed by atoms with Crippen LogP contribution in [0.4, 0.5) is 18.0 Å². The van der Waals surface area contributed by atoms with Crippen LogP contribution in [0.15, 0.2) is 0 Å². The molecule has 0 aliphatic rings. The summed E-state index contributed by atoms with van der Waals surface area (Å²) in [5.74, 6) is -3.77. The van der Waals surface area contributed by atoms with Gasteiger partial charge in [-0.1, -0.05) is 0 Å². The molecule has 0 aliphatic heterocycles. The Kier molecular flexibility index (Phi) is 5.18. The predicted octanol–water partition coefficient (Wildman–Crippen LogP) is -1.68. The SMILES string of the molecule is O=C(O)NC(CO)C(=O)NNC(=O)C(F)(F)F. The van der Waals surface area contributed by atoms with E-state index in [-0.39, 0.29) is 0 Å². The molecule has 0 saturated heterocycles. The topological polar surface area (TPSA) is 128 Å². The summed E-state index contributed by atoms with van der Waals surface area (Å²) in [6.45, 7) is -0.986. The molecule has 8 nitrogen and oxygen atoms in total. The van der Waals surface area contributed by atoms with E-state index in [1.54, 1.807) is 0 Å². The average molecular weight is 259 g/mol. The smallest absolute Gasteiger partial charge is 0.465 e. The maximum atomic E-state index is 11.7. The van der Waals surface area contributed by atoms with E-state index in [0.717, 1.165) is 5.43 Å². The van der Waals surface area contributed by atoms with Gasteiger partial charge in [0.05, 0.1) is 6.61 Å². The van der Waals surface area contributed by atoms with E-state index in [2.05, 4.69) is 0 Å². The van der Waals surface area contributed by atoms with Gasteiger partial charge in [0.1, 0.15) is 6.04 Å². The maximum Gasteiger partial charge on any atom is 0.472 e. The second-order valence-electron chi connectivity index (χ2n) is 2.63. The molecule has 0 radical (unpaired) electrons. The standard InChI is InChI=1S/C6H8F3N3O5/c7-6(8,9)4(15)12-11-3(14)2(1-13)10-5(16)17/h2,10,13H,1H2,(H,11,14)(H,12,15)(H,16,17). The lowest BCUT2D eigenvalue weighted by Crippen LogP contribution is -2.55. The van der Waals surface area contributed by atoms with Crippen LogP contribution >= 0.6 is 0 Å². The largest absolute Gasteiger partial charge is 0.472 e. The molecule has 0 saturated carbocycles. The Morgan fingerprint density at radius 1 is 1.18 bits per heavy atom. The molecule has 0 heterocycles. The first-order valence-corrected chi connectivity index (χ1v) is 3.95. The molecule has 11 heteroatoms. The first-order valence-electron chi connectivity index (χ1n) is 3.95. The molecular formula is C6H8F3N3O5. The van der Waals surface area contributed by atoms with E-state index < -0.39 is 36.7 Å². The van der Waals surface area contributed by atoms with Crippen molar-refractivity contribution in [2.75, 3.05) is 6.61 Å². The highest BCUT2D eigenvalue weighted by Crippen LogP contribution is 2.13. The Labute approximate surface area is 91.8 Å². The highest BCUT2D eigenvalue weighted by atomic mass is 19.4. The fourth-order valence-corrected chi connectivity index (χ4v) is 0.619. The Morgan fingerprint density at radius 2 is 1.71 bits per heavy atom. The number of carbonyl (C=O) groups excluding carboxylic acids is 2. The van der Waals surface area contributed by atoms with Crippen LogP contribution in [0.2, 0.25) is 0 Å². The molecule has 0 spiro atoms. The molecule has 0 fully saturated rings. The number of aliphatic hydroxyl groups excluding tert-OH is 1. The Bertz CT molecular complexity index is 319. The van der Waals surface area contributed by atoms with Crippen molar-refractivity contribution in [2.24, 2.45) is 0 Å². The lowest BCUT2D eigenvalue weighted by atomic mass is 10.3. The normalized spacial score (nSPS) is 12.5. The third kappa shape index (κ3) is 5.55. The molecular weight excluding hydrogens is 251 g/mol. The molecule has 98 valence electrons. The van der Waals surface area contributed by atoms with Crippen LogP contribution in [-0.2, 0) is 9.59 Å². The van der Waals surface area contributed by atoms with Crippen LogP contribution in [0.1, 0.15) is 0 Å². The van der Waals surface area contributed by atoms with Crippen molar-refractivity contribution in [3.05, 3.63) is 0 Å². The number of carbonyl (C=O) groups is 3. The summed E-state index contributed by atoms with van der Waals surface area (Å²) >= 11 is 0. The van der Waals surface area contributed by atoms with Crippen LogP contribution in [0.25, 0.3) is 0 Å². The summed E-state index contributed by atoms with van der Waals surface area (Å²) < 4.78 is 35.0. The zero-order chi connectivity index (χ0) is 13.6. The van der Waals surface area contributed by atoms with Crippen LogP contribution in [0, 0.1) is 0 Å². The van der Waals surface area contributed by atoms with Crippen LogP contribution in [-0.4, -0.2) is 46.9 Å². The number of alkyl halides is 3. The van der Waals surface area contributed by atoms with Crippen LogP contribution in [0.5, 0.6) is 0 Å². The lowest BCUT2D eigenvalue weighted by molar-refractivity contribution is -0.175. The Morgan fingerprint density at radius 3 is 2.06 bits per heavy atom. The molecule has 0 aromatic carbocycles. The minimum absolute atomic E-state index is 0.986. The van der Waals surface area contributed by atoms with Crippen molar-refractivity contribution in [1.29, 1.82) is 0 Å². The number of hydrogen-bond acceptors (Lipinski definition) is 4. The Balaban J connectivity index is 4.25. The van der Waals surface area contributed by atoms with Gasteiger partial charge < -0.3 is 15.5 Å². The quantitative estimate of drug-likeness (QED) is 0.387. The van der Waals surface area contributed by atoms with Crippen molar-refractivity contribution in [3.63, 3.8) is 0 Å². The van der Waals surface area contributed by atoms with Gasteiger partial charge in [-0.25, -0.2) is 4.79 Å². The number of nitrogens with one attached hydrogen (secondary N) is 3. The van der Waals surface area contributed by atoms with Crippen molar-refractivity contribution in [3.8, 4) is 0 Å². The van der Waals surface area contributed by atoms with Crippen LogP contribution < -0.4 is 16.2 Å². The van der Waals surface area contributed by atoms with Gasteiger partial charge in [0.2, 0.25) is 0 Å². The van der Waals surface area contributed by atoms with E-state index in [0.29, 0.717) is 0 Å². The predicted molar refractivity (Wildman–Crippen MR) is 44.4 cm³/mol. The molecule has 0 aromatic rings. The van der Waals surface area contributed by atoms with Gasteiger partial charge in [0, 0.05) is 0 Å². The fraction of sp³-hybridized carbons (Fsp3) is 0.500. The summed E-state index contributed by atoms with van der Waals surface area (Å²) in [4.78, 5) is 31.3. The fourth-order valence-electron chi connectivity index (χ4n) is 0.619. The number of hydrogen-bond donors (Lipinski definition) is 5. The van der Waals surface area contributed by atoms with E-state index in [4.69, 9.17) is 10.2 Å². The second-order valence-corrected chi connectivity index (χ2v) is 2.63. The molecule has 0 aromatic heterocycles. The van der Waals surface area contributed by atoms with Crippen LogP contribution in [0.3, 0.4) is 0 Å². The maximum absolute atomic E-state index is 11.7. The number of amides is 3. The number of hydrazine groups is 1. The van der Waals surface area contributed by atoms with Gasteiger partial charge in [0.25, 0.3) is 5.91 Å². The molecule has 3 amide bonds. The zero-order valence-electron chi connectivity index (χ0n) is 8.04. The van der Waals surface area contributed by atoms with E-state index in [1.807, 2.05) is 0 Å². The molecule has 17 heavy (non-hydrogen) atoms. The van der Waals surface area contributed by atoms with Gasteiger partial charge in [-0.15, -0.1) is 0 Å². The van der Waals surface area contributed by atoms with Crippen molar-refractivity contribution in [1.82, 2.24) is 16.2 Å². The molecule has 0 rings (SSSR count). The molecule has 1 atom stereocenters. The first-order chi connectivity index (χ1) is 7.68. The monoisotopic (exact) mass is 259 g/mol. The van der Waals surface area contributed by atoms with E-state index >= 15 is 0 Å². The molecule has 0 aliphatic carbocycles. The van der Waals surface area contributed by atoms with Gasteiger partial charge >= 0.3 is 18.2 Å². The highest BCUT2D eigenvalue weighted by Gasteiger charge is 2.39. The van der Waals surface area contributed by atoms with Gasteiger partial charge in [-0.3, -0.25) is 20.4 Å². The number of carboxylic acid groups (broad SMARTS) is 1. The van der Waals surface area contributed by atoms with Crippen molar-refractivity contribution < 1.29 is 37.8 Å². The summed E-state index contributed by atoms with van der Waals surface area (Å²) in [5, 5.41) is 18.3. The van der Waals surface area contributed by atoms with Crippen molar-refractivity contribution >= 4 is 17.9 Å². The summed E-state index contributed by atoms with van der Waals surface area (Å²) in [6, 6.07) is -1.69. The number of halogens is 3. The first kappa shape index (κ1) is 15.0.